The average molecular weight is 1440 g/mol. The van der Waals surface area contributed by atoms with Crippen molar-refractivity contribution < 1.29 is 108 Å². The van der Waals surface area contributed by atoms with Crippen molar-refractivity contribution in [1.82, 2.24) is 33.3 Å². The fraction of sp³-hybridized carbons (Fsp3) is 0.387. The van der Waals surface area contributed by atoms with E-state index in [9.17, 15) is 75.0 Å². The fourth-order valence-electron chi connectivity index (χ4n) is 12.0. The fourth-order valence-corrected chi connectivity index (χ4v) is 16.0. The van der Waals surface area contributed by atoms with Crippen LogP contribution in [0.2, 0.25) is 0 Å². The van der Waals surface area contributed by atoms with E-state index < -0.39 is 109 Å². The molecule has 4 saturated heterocycles. The van der Waals surface area contributed by atoms with Gasteiger partial charge in [0, 0.05) is 49.0 Å². The number of hydrogen-bond donors (Lipinski definition) is 3. The molecule has 8 heterocycles. The number of fused-ring (bicyclic) bond motifs is 5. The summed E-state index contributed by atoms with van der Waals surface area (Å²) in [6.45, 7) is 0.714. The molecule has 0 saturated carbocycles. The van der Waals surface area contributed by atoms with Crippen molar-refractivity contribution in [3.8, 4) is 17.2 Å². The molecule has 3 N–H and O–H groups in total. The van der Waals surface area contributed by atoms with Crippen LogP contribution in [0.1, 0.15) is 22.3 Å². The molecule has 6 aliphatic rings. The molecule has 3 unspecified atom stereocenters. The number of nitrogens with one attached hydrogen (secondary N) is 1. The van der Waals surface area contributed by atoms with Crippen molar-refractivity contribution in [3.63, 3.8) is 0 Å². The van der Waals surface area contributed by atoms with E-state index in [4.69, 9.17) is 18.9 Å². The molecular formula is C62H62F9N9O15S3. The van der Waals surface area contributed by atoms with Crippen LogP contribution in [0.15, 0.2) is 161 Å². The van der Waals surface area contributed by atoms with Crippen molar-refractivity contribution in [3.05, 3.63) is 169 Å². The van der Waals surface area contributed by atoms with Crippen molar-refractivity contribution in [1.29, 1.82) is 0 Å². The number of hydrogen-bond acceptors (Lipinski definition) is 21. The molecule has 0 amide bonds. The highest BCUT2D eigenvalue weighted by atomic mass is 32.2. The zero-order chi connectivity index (χ0) is 70.1. The summed E-state index contributed by atoms with van der Waals surface area (Å²) < 4.78 is 227. The lowest BCUT2D eigenvalue weighted by molar-refractivity contribution is -0.275. The van der Waals surface area contributed by atoms with Gasteiger partial charge in [-0.3, -0.25) is 0 Å². The van der Waals surface area contributed by atoms with Crippen molar-refractivity contribution in [2.45, 2.75) is 114 Å². The normalized spacial score (nSPS) is 23.3. The zero-order valence-electron chi connectivity index (χ0n) is 51.5. The first-order valence-corrected chi connectivity index (χ1v) is 34.4. The number of aryl methyl sites for hydroxylation is 4. The summed E-state index contributed by atoms with van der Waals surface area (Å²) in [4.78, 5) is 20.3. The van der Waals surface area contributed by atoms with Gasteiger partial charge >= 0.3 is 19.1 Å². The molecule has 0 radical (unpaired) electrons. The maximum absolute atomic E-state index is 13.4. The molecule has 0 spiro atoms. The summed E-state index contributed by atoms with van der Waals surface area (Å²) >= 11 is 0. The van der Waals surface area contributed by atoms with Crippen LogP contribution < -0.4 is 28.7 Å². The molecule has 36 heteroatoms. The van der Waals surface area contributed by atoms with Crippen LogP contribution >= 0.6 is 0 Å². The number of alkyl halides is 9. The predicted molar refractivity (Wildman–Crippen MR) is 328 cm³/mol. The van der Waals surface area contributed by atoms with Gasteiger partial charge < -0.3 is 53.2 Å². The predicted octanol–water partition coefficient (Wildman–Crippen LogP) is 7.15. The Hall–Kier alpha value is -7.88. The third-order valence-corrected chi connectivity index (χ3v) is 22.2. The summed E-state index contributed by atoms with van der Waals surface area (Å²) in [6, 6.07) is 23.4. The Morgan fingerprint density at radius 1 is 0.490 bits per heavy atom. The van der Waals surface area contributed by atoms with Gasteiger partial charge in [-0.2, -0.15) is 8.61 Å². The molecule has 7 aromatic rings. The second-order valence-corrected chi connectivity index (χ2v) is 28.8. The number of para-hydroxylation sites is 2. The molecule has 0 bridgehead atoms. The molecular weight excluding hydrogens is 1380 g/mol. The standard InChI is InChI=1S/C25H25F3N4O5S.C24H23F3N4O5S.C13H14F3NO5S/c1-31(38(34,35)19-10-8-18(9-11-19)37-25(26,27)28)21-13-36-14-22(23(21)33)32-20-5-3-2-4-16(20)6-7-17-12-29-15-30-24(17)32;25-24(26,27)36-17-7-9-18(10-8-17)37(33,34)30-19-12-35-13-21(22(19)32)31-20-4-2-1-3-15(20)5-6-16-11-28-14-29-23(16)31;1-17(10-6-20-7-11-12(10)21-11)23(18,19)9-4-2-8(3-5-9)22-13(14,15)16/h2-5,8-12,15,21-23,33H,6-7,13-14H2,1H3;1-4,7-11,14,19,21-22,30,32H,5-6,12-13H2;2-5,10-12H,6-7H2,1H3/t21-,22?,23-;19-,21?,22-;10-,11?,12-/m000/s1. The number of ether oxygens (including phenoxy) is 7. The summed E-state index contributed by atoms with van der Waals surface area (Å²) in [6.07, 6.45) is -8.13. The number of aliphatic hydroxyl groups excluding tert-OH is 2. The van der Waals surface area contributed by atoms with Crippen molar-refractivity contribution >= 4 is 53.1 Å². The monoisotopic (exact) mass is 1440 g/mol. The molecule has 526 valence electrons. The highest BCUT2D eigenvalue weighted by Gasteiger charge is 2.52. The second kappa shape index (κ2) is 28.8. The third kappa shape index (κ3) is 16.4. The number of sulfonamides is 3. The highest BCUT2D eigenvalue weighted by molar-refractivity contribution is 7.89. The van der Waals surface area contributed by atoms with Gasteiger partial charge in [-0.05, 0) is 122 Å². The van der Waals surface area contributed by atoms with Gasteiger partial charge in [-0.1, -0.05) is 36.4 Å². The number of rotatable bonds is 14. The molecule has 98 heavy (non-hydrogen) atoms. The Morgan fingerprint density at radius 2 is 0.878 bits per heavy atom. The number of likely N-dealkylation sites (N-methyl/N-ethyl adjacent to an activating group) is 2. The first-order valence-electron chi connectivity index (χ1n) is 30.0. The minimum absolute atomic E-state index is 0.0746. The Bertz CT molecular complexity index is 4200. The molecule has 2 aromatic heterocycles. The highest BCUT2D eigenvalue weighted by Crippen LogP contribution is 2.42. The van der Waals surface area contributed by atoms with Gasteiger partial charge in [0.25, 0.3) is 0 Å². The number of nitrogens with zero attached hydrogens (tertiary/aromatic N) is 8. The van der Waals surface area contributed by atoms with Gasteiger partial charge in [0.15, 0.2) is 0 Å². The third-order valence-electron chi connectivity index (χ3n) is 16.9. The van der Waals surface area contributed by atoms with E-state index >= 15 is 0 Å². The lowest BCUT2D eigenvalue weighted by Crippen LogP contribution is -2.60. The Labute approximate surface area is 555 Å². The number of epoxide rings is 1. The van der Waals surface area contributed by atoms with Gasteiger partial charge in [0.1, 0.15) is 53.7 Å². The summed E-state index contributed by atoms with van der Waals surface area (Å²) in [5.41, 5.74) is 5.52. The minimum Gasteiger partial charge on any atom is -0.406 e. The lowest BCUT2D eigenvalue weighted by Gasteiger charge is -2.44. The van der Waals surface area contributed by atoms with Crippen LogP contribution in [0.4, 0.5) is 62.5 Å². The molecule has 5 aromatic carbocycles. The number of anilines is 4. The first-order chi connectivity index (χ1) is 46.4. The van der Waals surface area contributed by atoms with Gasteiger partial charge in [-0.15, -0.1) is 39.5 Å². The summed E-state index contributed by atoms with van der Waals surface area (Å²) in [7, 11) is -9.57. The molecule has 6 aliphatic heterocycles. The van der Waals surface area contributed by atoms with Crippen LogP contribution in [0.25, 0.3) is 0 Å². The maximum atomic E-state index is 13.4. The Kier molecular flexibility index (Phi) is 21.0. The van der Waals surface area contributed by atoms with E-state index in [0.29, 0.717) is 31.1 Å². The van der Waals surface area contributed by atoms with E-state index in [1.165, 1.54) is 26.7 Å². The second-order valence-electron chi connectivity index (χ2n) is 23.1. The number of aliphatic hydroxyl groups is 2. The van der Waals surface area contributed by atoms with Crippen LogP contribution in [-0.4, -0.2) is 191 Å². The molecule has 9 atom stereocenters. The Balaban J connectivity index is 0.000000153. The van der Waals surface area contributed by atoms with Gasteiger partial charge in [0.2, 0.25) is 30.1 Å². The molecule has 0 aliphatic carbocycles. The van der Waals surface area contributed by atoms with Crippen LogP contribution in [-0.2, 0) is 74.7 Å². The zero-order valence-corrected chi connectivity index (χ0v) is 54.0. The summed E-state index contributed by atoms with van der Waals surface area (Å²) in [5, 5.41) is 22.9. The average Bonchev–Trinajstić information content (AvgIpc) is 1.35. The first kappa shape index (κ1) is 71.4. The van der Waals surface area contributed by atoms with Crippen molar-refractivity contribution in [2.75, 3.05) is 63.5 Å². The van der Waals surface area contributed by atoms with E-state index in [0.717, 1.165) is 128 Å². The van der Waals surface area contributed by atoms with Gasteiger partial charge in [0.05, 0.1) is 96.7 Å². The number of benzene rings is 5. The quantitative estimate of drug-likeness (QED) is 0.0719. The van der Waals surface area contributed by atoms with E-state index in [1.54, 1.807) is 12.4 Å². The van der Waals surface area contributed by atoms with Crippen molar-refractivity contribution in [2.24, 2.45) is 0 Å². The lowest BCUT2D eigenvalue weighted by atomic mass is 9.98. The molecule has 13 rings (SSSR count). The van der Waals surface area contributed by atoms with Gasteiger partial charge in [-0.25, -0.2) is 49.9 Å². The SMILES string of the molecule is CN([C@H]1COCC(N2c3ccccc3CCc3cncnc32)[C@H]1O)S(=O)(=O)c1ccc(OC(F)(F)F)cc1.CN([C@H]1COCC2O[C@H]21)S(=O)(=O)c1ccc(OC(F)(F)F)cc1.O=S(=O)(N[C@H]1COCC(N2c3ccccc3CCc3cncnc32)[C@H]1O)c1ccc(OC(F)(F)F)cc1. The smallest absolute Gasteiger partial charge is 0.406 e. The van der Waals surface area contributed by atoms with Crippen LogP contribution in [0.5, 0.6) is 17.2 Å². The largest absolute Gasteiger partial charge is 0.573 e. The number of aromatic nitrogens is 4. The maximum Gasteiger partial charge on any atom is 0.573 e. The van der Waals surface area contributed by atoms with E-state index in [2.05, 4.69) is 38.9 Å². The topological polar surface area (TPSA) is 287 Å². The molecule has 24 nitrogen and oxygen atoms in total. The van der Waals surface area contributed by atoms with Crippen LogP contribution in [0, 0.1) is 0 Å². The summed E-state index contributed by atoms with van der Waals surface area (Å²) in [5.74, 6) is -0.347. The Morgan fingerprint density at radius 3 is 1.34 bits per heavy atom. The molecule has 4 fully saturated rings. The van der Waals surface area contributed by atoms with E-state index in [-0.39, 0.29) is 59.9 Å². The van der Waals surface area contributed by atoms with Crippen LogP contribution in [0.3, 0.4) is 0 Å². The van der Waals surface area contributed by atoms with E-state index in [1.807, 2.05) is 58.3 Å². The number of halogens is 9. The minimum atomic E-state index is -4.90.